The normalized spacial score (nSPS) is 13.8. The Morgan fingerprint density at radius 2 is 1.83 bits per heavy atom. The molecule has 0 amide bonds. The van der Waals surface area contributed by atoms with Crippen LogP contribution in [0.25, 0.3) is 33.9 Å². The third kappa shape index (κ3) is 5.19. The Morgan fingerprint density at radius 1 is 1.07 bits per heavy atom. The summed E-state index contributed by atoms with van der Waals surface area (Å²) < 4.78 is 47.1. The van der Waals surface area contributed by atoms with Gasteiger partial charge in [-0.2, -0.15) is 13.2 Å². The van der Waals surface area contributed by atoms with Crippen LogP contribution in [0, 0.1) is 6.92 Å². The van der Waals surface area contributed by atoms with Gasteiger partial charge in [0.05, 0.1) is 12.8 Å². The largest absolute Gasteiger partial charge is 0.480 e. The van der Waals surface area contributed by atoms with Gasteiger partial charge in [0.25, 0.3) is 0 Å². The summed E-state index contributed by atoms with van der Waals surface area (Å²) in [4.78, 5) is 30.0. The van der Waals surface area contributed by atoms with Crippen LogP contribution in [0.2, 0.25) is 0 Å². The lowest BCUT2D eigenvalue weighted by molar-refractivity contribution is -0.140. The molecule has 0 aliphatic heterocycles. The van der Waals surface area contributed by atoms with Gasteiger partial charge < -0.3 is 19.6 Å². The first-order valence-electron chi connectivity index (χ1n) is 13.2. The van der Waals surface area contributed by atoms with E-state index < -0.39 is 11.9 Å². The Bertz CT molecular complexity index is 1720. The molecule has 5 aromatic rings. The molecule has 1 aliphatic carbocycles. The van der Waals surface area contributed by atoms with Gasteiger partial charge in [-0.15, -0.1) is 0 Å². The molecular formula is C28H28F3N9O. The first-order chi connectivity index (χ1) is 19.6. The van der Waals surface area contributed by atoms with E-state index in [9.17, 15) is 13.2 Å². The molecule has 0 saturated heterocycles. The summed E-state index contributed by atoms with van der Waals surface area (Å²) >= 11 is 0. The third-order valence-electron chi connectivity index (χ3n) is 6.94. The van der Waals surface area contributed by atoms with Crippen molar-refractivity contribution in [2.45, 2.75) is 58.3 Å². The predicted octanol–water partition coefficient (Wildman–Crippen LogP) is 6.08. The molecule has 212 valence electrons. The molecule has 6 rings (SSSR count). The second-order valence-corrected chi connectivity index (χ2v) is 10.3. The number of aromatic nitrogens is 8. The molecule has 41 heavy (non-hydrogen) atoms. The zero-order chi connectivity index (χ0) is 28.9. The van der Waals surface area contributed by atoms with Crippen molar-refractivity contribution in [2.75, 3.05) is 12.4 Å². The number of imidazole rings is 2. The lowest BCUT2D eigenvalue weighted by atomic mass is 10.1. The molecule has 0 radical (unpaired) electrons. The number of H-pyrrole nitrogens is 1. The minimum Gasteiger partial charge on any atom is -0.480 e. The summed E-state index contributed by atoms with van der Waals surface area (Å²) in [6.45, 7) is 5.88. The van der Waals surface area contributed by atoms with Gasteiger partial charge in [-0.25, -0.2) is 29.9 Å². The number of fused-ring (bicyclic) bond motifs is 1. The highest BCUT2D eigenvalue weighted by atomic mass is 19.4. The van der Waals surface area contributed by atoms with E-state index in [4.69, 9.17) is 14.7 Å². The topological polar surface area (TPSA) is 119 Å². The smallest absolute Gasteiger partial charge is 0.434 e. The summed E-state index contributed by atoms with van der Waals surface area (Å²) in [6, 6.07) is 7.07. The number of hydrogen-bond acceptors (Lipinski definition) is 8. The van der Waals surface area contributed by atoms with E-state index in [1.54, 1.807) is 19.2 Å². The van der Waals surface area contributed by atoms with E-state index in [0.717, 1.165) is 30.3 Å². The molecule has 13 heteroatoms. The summed E-state index contributed by atoms with van der Waals surface area (Å²) in [5.41, 5.74) is 3.26. The monoisotopic (exact) mass is 563 g/mol. The number of nitrogens with one attached hydrogen (secondary N) is 2. The van der Waals surface area contributed by atoms with Gasteiger partial charge in [-0.3, -0.25) is 0 Å². The molecule has 4 aromatic heterocycles. The van der Waals surface area contributed by atoms with Crippen LogP contribution in [0.1, 0.15) is 61.4 Å². The third-order valence-corrected chi connectivity index (χ3v) is 6.94. The van der Waals surface area contributed by atoms with Gasteiger partial charge in [-0.1, -0.05) is 24.3 Å². The van der Waals surface area contributed by atoms with Crippen LogP contribution in [-0.4, -0.2) is 46.6 Å². The van der Waals surface area contributed by atoms with Crippen LogP contribution in [0.3, 0.4) is 0 Å². The highest BCUT2D eigenvalue weighted by Crippen LogP contribution is 2.45. The zero-order valence-electron chi connectivity index (χ0n) is 22.9. The van der Waals surface area contributed by atoms with E-state index >= 15 is 0 Å². The molecule has 0 bridgehead atoms. The second kappa shape index (κ2) is 10.1. The standard InChI is InChI=1S/C28H28F3N9O/c1-14(2)40-12-19(28(29,30)31)37-26(40)18-7-5-16(6-8-18)11-32-24-22-25(36-15(3)35-22)39-23(38-24)20-21(17-9-10-17)33-13-34-27(20)41-4/h5-8,12-14,17H,9-11H2,1-4H3,(H2,32,35,36,38,39). The van der Waals surface area contributed by atoms with Crippen molar-refractivity contribution in [3.05, 3.63) is 59.6 Å². The number of aryl methyl sites for hydroxylation is 1. The Balaban J connectivity index is 1.31. The quantitative estimate of drug-likeness (QED) is 0.233. The van der Waals surface area contributed by atoms with Gasteiger partial charge in [0.1, 0.15) is 29.1 Å². The van der Waals surface area contributed by atoms with E-state index in [-0.39, 0.29) is 11.9 Å². The van der Waals surface area contributed by atoms with Gasteiger partial charge in [-0.05, 0) is 39.2 Å². The maximum Gasteiger partial charge on any atom is 0.434 e. The number of nitrogens with zero attached hydrogens (tertiary/aromatic N) is 7. The van der Waals surface area contributed by atoms with Crippen LogP contribution in [0.15, 0.2) is 36.8 Å². The van der Waals surface area contributed by atoms with E-state index in [1.807, 2.05) is 32.9 Å². The van der Waals surface area contributed by atoms with E-state index in [2.05, 4.69) is 30.2 Å². The van der Waals surface area contributed by atoms with Crippen molar-refractivity contribution >= 4 is 17.0 Å². The van der Waals surface area contributed by atoms with Gasteiger partial charge >= 0.3 is 6.18 Å². The Hall–Kier alpha value is -4.55. The molecule has 4 heterocycles. The number of benzene rings is 1. The zero-order valence-corrected chi connectivity index (χ0v) is 22.9. The highest BCUT2D eigenvalue weighted by molar-refractivity contribution is 5.85. The molecule has 2 N–H and O–H groups in total. The Labute approximate surface area is 233 Å². The van der Waals surface area contributed by atoms with Crippen molar-refractivity contribution in [1.82, 2.24) is 39.5 Å². The number of rotatable bonds is 8. The Morgan fingerprint density at radius 3 is 2.49 bits per heavy atom. The summed E-state index contributed by atoms with van der Waals surface area (Å²) in [5, 5.41) is 3.37. The SMILES string of the molecule is COc1ncnc(C2CC2)c1-c1nc(NCc2ccc(-c3nc(C(F)(F)F)cn3C(C)C)cc2)c2[nH]c(C)nc2n1. The molecule has 1 saturated carbocycles. The van der Waals surface area contributed by atoms with Crippen LogP contribution < -0.4 is 10.1 Å². The number of ether oxygens (including phenoxy) is 1. The maximum atomic E-state index is 13.3. The minimum absolute atomic E-state index is 0.184. The number of halogens is 3. The number of alkyl halides is 3. The van der Waals surface area contributed by atoms with Gasteiger partial charge in [0.15, 0.2) is 23.0 Å². The highest BCUT2D eigenvalue weighted by Gasteiger charge is 2.35. The number of methoxy groups -OCH3 is 1. The maximum absolute atomic E-state index is 13.3. The molecule has 1 fully saturated rings. The lowest BCUT2D eigenvalue weighted by Crippen LogP contribution is -2.07. The number of aromatic amines is 1. The average Bonchev–Trinajstić information content (AvgIpc) is 3.56. The Kier molecular flexibility index (Phi) is 6.59. The second-order valence-electron chi connectivity index (χ2n) is 10.3. The summed E-state index contributed by atoms with van der Waals surface area (Å²) in [7, 11) is 1.56. The predicted molar refractivity (Wildman–Crippen MR) is 146 cm³/mol. The van der Waals surface area contributed by atoms with Crippen molar-refractivity contribution in [3.63, 3.8) is 0 Å². The molecule has 10 nitrogen and oxygen atoms in total. The van der Waals surface area contributed by atoms with Gasteiger partial charge in [0, 0.05) is 30.3 Å². The van der Waals surface area contributed by atoms with Crippen LogP contribution in [0.5, 0.6) is 5.88 Å². The van der Waals surface area contributed by atoms with Crippen LogP contribution >= 0.6 is 0 Å². The fourth-order valence-corrected chi connectivity index (χ4v) is 4.76. The van der Waals surface area contributed by atoms with Crippen molar-refractivity contribution < 1.29 is 17.9 Å². The number of hydrogen-bond donors (Lipinski definition) is 2. The summed E-state index contributed by atoms with van der Waals surface area (Å²) in [6.07, 6.45) is 0.107. The molecule has 0 unspecified atom stereocenters. The fourth-order valence-electron chi connectivity index (χ4n) is 4.76. The van der Waals surface area contributed by atoms with Crippen molar-refractivity contribution in [2.24, 2.45) is 0 Å². The van der Waals surface area contributed by atoms with Crippen LogP contribution in [0.4, 0.5) is 19.0 Å². The van der Waals surface area contributed by atoms with Crippen molar-refractivity contribution in [1.29, 1.82) is 0 Å². The van der Waals surface area contributed by atoms with E-state index in [1.165, 1.54) is 10.9 Å². The first-order valence-corrected chi connectivity index (χ1v) is 13.2. The molecule has 1 aliphatic rings. The summed E-state index contributed by atoms with van der Waals surface area (Å²) in [5.74, 6) is 2.65. The van der Waals surface area contributed by atoms with Crippen LogP contribution in [-0.2, 0) is 12.7 Å². The number of anilines is 1. The molecule has 0 atom stereocenters. The first kappa shape index (κ1) is 26.7. The molecular weight excluding hydrogens is 535 g/mol. The molecule has 1 aromatic carbocycles. The van der Waals surface area contributed by atoms with E-state index in [0.29, 0.717) is 58.1 Å². The molecule has 0 spiro atoms. The van der Waals surface area contributed by atoms with Gasteiger partial charge in [0.2, 0.25) is 5.88 Å². The fraction of sp³-hybridized carbons (Fsp3) is 0.357. The minimum atomic E-state index is -4.51. The lowest BCUT2D eigenvalue weighted by Gasteiger charge is -2.13. The van der Waals surface area contributed by atoms with Crippen molar-refractivity contribution in [3.8, 4) is 28.7 Å². The average molecular weight is 564 g/mol.